The molecule has 0 spiro atoms. The lowest BCUT2D eigenvalue weighted by Crippen LogP contribution is -2.35. The Balaban J connectivity index is 1.45. The third kappa shape index (κ3) is 5.71. The van der Waals surface area contributed by atoms with E-state index in [2.05, 4.69) is 25.9 Å². The van der Waals surface area contributed by atoms with Crippen LogP contribution in [0.1, 0.15) is 31.8 Å². The fraction of sp³-hybridized carbons (Fsp3) is 0.200. The molecule has 34 heavy (non-hydrogen) atoms. The third-order valence-electron chi connectivity index (χ3n) is 5.28. The number of hydrogen-bond acceptors (Lipinski definition) is 6. The van der Waals surface area contributed by atoms with E-state index in [9.17, 15) is 9.59 Å². The first-order valence-corrected chi connectivity index (χ1v) is 11.2. The second kappa shape index (κ2) is 10.4. The van der Waals surface area contributed by atoms with Gasteiger partial charge >= 0.3 is 0 Å². The molecule has 1 aliphatic rings. The maximum absolute atomic E-state index is 12.9. The lowest BCUT2D eigenvalue weighted by Gasteiger charge is -2.19. The van der Waals surface area contributed by atoms with E-state index >= 15 is 0 Å². The average molecular weight is 477 g/mol. The van der Waals surface area contributed by atoms with Crippen LogP contribution in [0, 0.1) is 6.92 Å². The molecule has 0 atom stereocenters. The minimum atomic E-state index is -0.420. The van der Waals surface area contributed by atoms with Gasteiger partial charge in [-0.2, -0.15) is 0 Å². The van der Waals surface area contributed by atoms with Gasteiger partial charge in [0, 0.05) is 36.9 Å². The van der Waals surface area contributed by atoms with Gasteiger partial charge in [-0.25, -0.2) is 4.98 Å². The summed E-state index contributed by atoms with van der Waals surface area (Å²) in [6, 6.07) is 15.6. The second-order valence-corrected chi connectivity index (χ2v) is 8.44. The molecule has 2 heterocycles. The molecule has 0 radical (unpaired) electrons. The van der Waals surface area contributed by atoms with Crippen molar-refractivity contribution in [3.05, 3.63) is 88.1 Å². The van der Waals surface area contributed by atoms with Crippen LogP contribution < -0.4 is 16.0 Å². The normalized spacial score (nSPS) is 12.5. The Morgan fingerprint density at radius 3 is 2.53 bits per heavy atom. The number of guanidine groups is 1. The van der Waals surface area contributed by atoms with Gasteiger partial charge in [0.15, 0.2) is 5.96 Å². The molecule has 3 aromatic rings. The largest absolute Gasteiger partial charge is 0.354 e. The van der Waals surface area contributed by atoms with Gasteiger partial charge < -0.3 is 20.9 Å². The number of benzene rings is 2. The number of hydrogen-bond donors (Lipinski definition) is 3. The predicted molar refractivity (Wildman–Crippen MR) is 135 cm³/mol. The van der Waals surface area contributed by atoms with Crippen LogP contribution in [-0.2, 0) is 6.54 Å². The first kappa shape index (κ1) is 23.3. The maximum atomic E-state index is 12.9. The zero-order valence-electron chi connectivity index (χ0n) is 18.9. The summed E-state index contributed by atoms with van der Waals surface area (Å²) in [6.07, 6.45) is 1.66. The summed E-state index contributed by atoms with van der Waals surface area (Å²) >= 11 is 6.12. The van der Waals surface area contributed by atoms with Crippen molar-refractivity contribution in [1.82, 2.24) is 15.2 Å². The first-order chi connectivity index (χ1) is 16.4. The lowest BCUT2D eigenvalue weighted by atomic mass is 10.1. The zero-order chi connectivity index (χ0) is 24.1. The number of nitrogens with zero attached hydrogens (tertiary/aromatic N) is 3. The van der Waals surface area contributed by atoms with Crippen molar-refractivity contribution < 1.29 is 9.59 Å². The molecule has 3 N–H and O–H groups in total. The summed E-state index contributed by atoms with van der Waals surface area (Å²) in [5.41, 5.74) is 3.10. The topological polar surface area (TPSA) is 98.7 Å². The zero-order valence-corrected chi connectivity index (χ0v) is 19.7. The van der Waals surface area contributed by atoms with Crippen molar-refractivity contribution in [2.45, 2.75) is 13.5 Å². The summed E-state index contributed by atoms with van der Waals surface area (Å²) < 4.78 is 0. The highest BCUT2D eigenvalue weighted by Crippen LogP contribution is 2.23. The van der Waals surface area contributed by atoms with Crippen LogP contribution >= 0.6 is 11.6 Å². The van der Waals surface area contributed by atoms with Gasteiger partial charge in [0.2, 0.25) is 0 Å². The summed E-state index contributed by atoms with van der Waals surface area (Å²) in [5.74, 6) is 0.533. The molecule has 2 amide bonds. The van der Waals surface area contributed by atoms with Crippen molar-refractivity contribution in [3.63, 3.8) is 0 Å². The predicted octanol–water partition coefficient (Wildman–Crippen LogP) is 3.94. The fourth-order valence-electron chi connectivity index (χ4n) is 3.48. The molecule has 1 aliphatic heterocycles. The van der Waals surface area contributed by atoms with E-state index in [-0.39, 0.29) is 11.5 Å². The molecule has 0 bridgehead atoms. The van der Waals surface area contributed by atoms with Crippen molar-refractivity contribution in [1.29, 1.82) is 0 Å². The number of pyridine rings is 1. The van der Waals surface area contributed by atoms with Crippen LogP contribution in [0.15, 0.2) is 65.8 Å². The summed E-state index contributed by atoms with van der Waals surface area (Å²) in [4.78, 5) is 36.4. The number of anilines is 2. The fourth-order valence-corrected chi connectivity index (χ4v) is 3.66. The number of nitrogens with one attached hydrogen (secondary N) is 3. The summed E-state index contributed by atoms with van der Waals surface area (Å²) in [7, 11) is 1.97. The number of carbonyl (C=O) groups is 2. The molecule has 0 saturated carbocycles. The van der Waals surface area contributed by atoms with Crippen molar-refractivity contribution >= 4 is 40.9 Å². The van der Waals surface area contributed by atoms with E-state index in [0.29, 0.717) is 28.6 Å². The first-order valence-electron chi connectivity index (χ1n) is 10.8. The molecular formula is C25H25ClN6O2. The minimum Gasteiger partial charge on any atom is -0.354 e. The van der Waals surface area contributed by atoms with Crippen LogP contribution in [0.5, 0.6) is 0 Å². The highest BCUT2D eigenvalue weighted by atomic mass is 35.5. The second-order valence-electron chi connectivity index (χ2n) is 8.00. The van der Waals surface area contributed by atoms with E-state index in [4.69, 9.17) is 11.6 Å². The van der Waals surface area contributed by atoms with Crippen LogP contribution in [0.2, 0.25) is 5.02 Å². The standard InChI is InChI=1S/C25H25ClN6O2/c1-16-3-10-22(29-14-16)31-24(34)20-13-19(26)8-9-21(20)30-23(33)18-6-4-17(5-7-18)15-32(2)25-27-11-12-28-25/h3-10,13-14H,11-12,15H2,1-2H3,(H,27,28)(H,30,33)(H,29,31,34). The summed E-state index contributed by atoms with van der Waals surface area (Å²) in [6.45, 7) is 4.22. The van der Waals surface area contributed by atoms with E-state index in [1.807, 2.05) is 37.1 Å². The number of amides is 2. The number of aryl methyl sites for hydroxylation is 1. The Labute approximate surface area is 203 Å². The smallest absolute Gasteiger partial charge is 0.258 e. The number of carbonyl (C=O) groups excluding carboxylic acids is 2. The van der Waals surface area contributed by atoms with Crippen molar-refractivity contribution in [2.75, 3.05) is 30.8 Å². The lowest BCUT2D eigenvalue weighted by molar-refractivity contribution is 0.102. The third-order valence-corrected chi connectivity index (χ3v) is 5.52. The molecule has 9 heteroatoms. The minimum absolute atomic E-state index is 0.242. The van der Waals surface area contributed by atoms with E-state index in [0.717, 1.165) is 30.2 Å². The molecule has 0 aliphatic carbocycles. The van der Waals surface area contributed by atoms with Gasteiger partial charge in [-0.1, -0.05) is 29.8 Å². The van der Waals surface area contributed by atoms with Crippen LogP contribution in [0.25, 0.3) is 0 Å². The molecule has 8 nitrogen and oxygen atoms in total. The molecule has 2 aromatic carbocycles. The molecule has 4 rings (SSSR count). The van der Waals surface area contributed by atoms with E-state index in [1.165, 1.54) is 6.07 Å². The molecule has 0 fully saturated rings. The van der Waals surface area contributed by atoms with E-state index in [1.54, 1.807) is 36.5 Å². The van der Waals surface area contributed by atoms with Crippen LogP contribution in [0.3, 0.4) is 0 Å². The molecular weight excluding hydrogens is 452 g/mol. The Morgan fingerprint density at radius 2 is 1.85 bits per heavy atom. The van der Waals surface area contributed by atoms with E-state index < -0.39 is 5.91 Å². The highest BCUT2D eigenvalue weighted by molar-refractivity contribution is 6.31. The van der Waals surface area contributed by atoms with Crippen LogP contribution in [0.4, 0.5) is 11.5 Å². The van der Waals surface area contributed by atoms with Crippen molar-refractivity contribution in [3.8, 4) is 0 Å². The number of aliphatic imine (C=N–C) groups is 1. The molecule has 174 valence electrons. The van der Waals surface area contributed by atoms with Gasteiger partial charge in [0.05, 0.1) is 17.8 Å². The van der Waals surface area contributed by atoms with Gasteiger partial charge in [-0.3, -0.25) is 14.6 Å². The monoisotopic (exact) mass is 476 g/mol. The van der Waals surface area contributed by atoms with Crippen LogP contribution in [-0.4, -0.2) is 47.8 Å². The number of rotatable bonds is 6. The Kier molecular flexibility index (Phi) is 7.08. The quantitative estimate of drug-likeness (QED) is 0.500. The molecule has 0 unspecified atom stereocenters. The molecule has 0 saturated heterocycles. The van der Waals surface area contributed by atoms with Crippen molar-refractivity contribution in [2.24, 2.45) is 4.99 Å². The Morgan fingerprint density at radius 1 is 1.06 bits per heavy atom. The van der Waals surface area contributed by atoms with Gasteiger partial charge in [-0.15, -0.1) is 0 Å². The highest BCUT2D eigenvalue weighted by Gasteiger charge is 2.16. The van der Waals surface area contributed by atoms with Gasteiger partial charge in [-0.05, 0) is 54.4 Å². The Bertz CT molecular complexity index is 1230. The van der Waals surface area contributed by atoms with Gasteiger partial charge in [0.25, 0.3) is 11.8 Å². The average Bonchev–Trinajstić information content (AvgIpc) is 3.37. The number of aromatic nitrogens is 1. The van der Waals surface area contributed by atoms with Gasteiger partial charge in [0.1, 0.15) is 5.82 Å². The molecule has 1 aromatic heterocycles. The maximum Gasteiger partial charge on any atom is 0.258 e. The summed E-state index contributed by atoms with van der Waals surface area (Å²) in [5, 5.41) is 9.17. The number of halogens is 1. The Hall–Kier alpha value is -3.91. The SMILES string of the molecule is Cc1ccc(NC(=O)c2cc(Cl)ccc2NC(=O)c2ccc(CN(C)C3=NCCN3)cc2)nc1.